The van der Waals surface area contributed by atoms with Crippen molar-refractivity contribution in [1.82, 2.24) is 4.90 Å². The van der Waals surface area contributed by atoms with E-state index < -0.39 is 0 Å². The molecular weight excluding hydrogens is 302 g/mol. The van der Waals surface area contributed by atoms with Crippen LogP contribution in [0.5, 0.6) is 0 Å². The zero-order valence-corrected chi connectivity index (χ0v) is 13.6. The van der Waals surface area contributed by atoms with Gasteiger partial charge in [-0.25, -0.2) is 0 Å². The minimum Gasteiger partial charge on any atom is -0.469 e. The number of piperidine rings is 1. The minimum atomic E-state index is -0.159. The van der Waals surface area contributed by atoms with Crippen LogP contribution < -0.4 is 0 Å². The molecule has 1 fully saturated rings. The molecule has 0 amide bonds. The molecule has 0 unspecified atom stereocenters. The average molecular weight is 324 g/mol. The van der Waals surface area contributed by atoms with Crippen molar-refractivity contribution in [3.05, 3.63) is 34.9 Å². The number of rotatable bonds is 6. The van der Waals surface area contributed by atoms with Crippen molar-refractivity contribution in [2.75, 3.05) is 26.7 Å². The minimum absolute atomic E-state index is 0.0954. The summed E-state index contributed by atoms with van der Waals surface area (Å²) < 4.78 is 4.63. The van der Waals surface area contributed by atoms with E-state index in [1.165, 1.54) is 7.11 Å². The van der Waals surface area contributed by atoms with Crippen LogP contribution in [0.4, 0.5) is 0 Å². The first-order chi connectivity index (χ1) is 10.6. The van der Waals surface area contributed by atoms with E-state index in [0.717, 1.165) is 44.5 Å². The summed E-state index contributed by atoms with van der Waals surface area (Å²) in [6.07, 6.45) is 3.02. The lowest BCUT2D eigenvalue weighted by molar-refractivity contribution is -0.140. The summed E-state index contributed by atoms with van der Waals surface area (Å²) in [5, 5.41) is 0.650. The summed E-state index contributed by atoms with van der Waals surface area (Å²) >= 11 is 5.85. The van der Waals surface area contributed by atoms with Gasteiger partial charge in [0.25, 0.3) is 0 Å². The Bertz CT molecular complexity index is 507. The fourth-order valence-corrected chi connectivity index (χ4v) is 2.94. The molecule has 0 N–H and O–H groups in total. The van der Waals surface area contributed by atoms with E-state index in [1.807, 2.05) is 0 Å². The number of hydrogen-bond donors (Lipinski definition) is 0. The summed E-state index contributed by atoms with van der Waals surface area (Å²) in [7, 11) is 1.41. The predicted octanol–water partition coefficient (Wildman–Crippen LogP) is 3.19. The molecule has 0 bridgehead atoms. The molecule has 0 spiro atoms. The molecule has 0 radical (unpaired) electrons. The van der Waals surface area contributed by atoms with Crippen LogP contribution in [0.25, 0.3) is 0 Å². The Kier molecular flexibility index (Phi) is 6.40. The summed E-state index contributed by atoms with van der Waals surface area (Å²) in [5.41, 5.74) is 0.744. The number of likely N-dealkylation sites (tertiary alicyclic amines) is 1. The number of carbonyl (C=O) groups excluding carboxylic acids is 2. The predicted molar refractivity (Wildman–Crippen MR) is 86.2 cm³/mol. The topological polar surface area (TPSA) is 46.6 Å². The smallest absolute Gasteiger partial charge is 0.305 e. The van der Waals surface area contributed by atoms with E-state index in [4.69, 9.17) is 11.6 Å². The quantitative estimate of drug-likeness (QED) is 0.596. The number of Topliss-reactive ketones (excluding diaryl/α,β-unsaturated/α-hetero) is 1. The lowest BCUT2D eigenvalue weighted by Gasteiger charge is -2.31. The average Bonchev–Trinajstić information content (AvgIpc) is 2.55. The Morgan fingerprint density at radius 2 is 1.86 bits per heavy atom. The fraction of sp³-hybridized carbons (Fsp3) is 0.529. The molecule has 5 heteroatoms. The monoisotopic (exact) mass is 323 g/mol. The number of methoxy groups -OCH3 is 1. The number of carbonyl (C=O) groups is 2. The second-order valence-electron chi connectivity index (χ2n) is 5.67. The van der Waals surface area contributed by atoms with Gasteiger partial charge in [-0.15, -0.1) is 0 Å². The van der Waals surface area contributed by atoms with E-state index in [1.54, 1.807) is 24.3 Å². The number of ketones is 1. The van der Waals surface area contributed by atoms with Gasteiger partial charge < -0.3 is 9.64 Å². The SMILES string of the molecule is COC(=O)CCCN1CCC(C(=O)c2ccc(Cl)cc2)CC1. The maximum atomic E-state index is 12.4. The molecular formula is C17H22ClNO3. The van der Waals surface area contributed by atoms with Crippen LogP contribution in [-0.4, -0.2) is 43.4 Å². The van der Waals surface area contributed by atoms with Gasteiger partial charge in [-0.1, -0.05) is 11.6 Å². The molecule has 1 aromatic carbocycles. The zero-order chi connectivity index (χ0) is 15.9. The second kappa shape index (κ2) is 8.30. The number of esters is 1. The van der Waals surface area contributed by atoms with Crippen LogP contribution in [0.2, 0.25) is 5.02 Å². The maximum absolute atomic E-state index is 12.4. The molecule has 1 saturated heterocycles. The highest BCUT2D eigenvalue weighted by Crippen LogP contribution is 2.23. The van der Waals surface area contributed by atoms with Gasteiger partial charge in [-0.05, 0) is 63.2 Å². The van der Waals surface area contributed by atoms with E-state index >= 15 is 0 Å². The van der Waals surface area contributed by atoms with Crippen LogP contribution in [0.15, 0.2) is 24.3 Å². The molecule has 120 valence electrons. The molecule has 1 heterocycles. The maximum Gasteiger partial charge on any atom is 0.305 e. The highest BCUT2D eigenvalue weighted by atomic mass is 35.5. The van der Waals surface area contributed by atoms with E-state index in [0.29, 0.717) is 11.4 Å². The largest absolute Gasteiger partial charge is 0.469 e. The van der Waals surface area contributed by atoms with Gasteiger partial charge in [0.15, 0.2) is 5.78 Å². The fourth-order valence-electron chi connectivity index (χ4n) is 2.82. The summed E-state index contributed by atoms with van der Waals surface area (Å²) in [4.78, 5) is 25.8. The molecule has 22 heavy (non-hydrogen) atoms. The van der Waals surface area contributed by atoms with Crippen molar-refractivity contribution in [3.8, 4) is 0 Å². The Hall–Kier alpha value is -1.39. The zero-order valence-electron chi connectivity index (χ0n) is 12.9. The summed E-state index contributed by atoms with van der Waals surface area (Å²) in [5.74, 6) is 0.150. The van der Waals surface area contributed by atoms with Crippen LogP contribution in [0.1, 0.15) is 36.0 Å². The molecule has 1 aliphatic rings. The number of ether oxygens (including phenoxy) is 1. The summed E-state index contributed by atoms with van der Waals surface area (Å²) in [6, 6.07) is 7.12. The molecule has 2 rings (SSSR count). The van der Waals surface area contributed by atoms with E-state index in [2.05, 4.69) is 9.64 Å². The third-order valence-electron chi connectivity index (χ3n) is 4.17. The van der Waals surface area contributed by atoms with Gasteiger partial charge in [-0.2, -0.15) is 0 Å². The summed E-state index contributed by atoms with van der Waals surface area (Å²) in [6.45, 7) is 2.70. The molecule has 1 aromatic rings. The highest BCUT2D eigenvalue weighted by molar-refractivity contribution is 6.30. The Balaban J connectivity index is 1.75. The van der Waals surface area contributed by atoms with Gasteiger partial charge in [0.1, 0.15) is 0 Å². The van der Waals surface area contributed by atoms with Gasteiger partial charge in [0, 0.05) is 22.9 Å². The van der Waals surface area contributed by atoms with Crippen LogP contribution in [0, 0.1) is 5.92 Å². The highest BCUT2D eigenvalue weighted by Gasteiger charge is 2.25. The molecule has 0 aromatic heterocycles. The molecule has 1 aliphatic heterocycles. The first-order valence-corrected chi connectivity index (χ1v) is 8.07. The first kappa shape index (κ1) is 17.0. The van der Waals surface area contributed by atoms with Crippen molar-refractivity contribution in [2.45, 2.75) is 25.7 Å². The van der Waals surface area contributed by atoms with Crippen molar-refractivity contribution in [3.63, 3.8) is 0 Å². The van der Waals surface area contributed by atoms with Gasteiger partial charge >= 0.3 is 5.97 Å². The lowest BCUT2D eigenvalue weighted by atomic mass is 9.89. The van der Waals surface area contributed by atoms with Crippen molar-refractivity contribution in [1.29, 1.82) is 0 Å². The lowest BCUT2D eigenvalue weighted by Crippen LogP contribution is -2.37. The molecule has 0 aliphatic carbocycles. The Morgan fingerprint density at radius 1 is 1.23 bits per heavy atom. The van der Waals surface area contributed by atoms with Crippen molar-refractivity contribution in [2.24, 2.45) is 5.92 Å². The molecule has 0 saturated carbocycles. The van der Waals surface area contributed by atoms with Gasteiger partial charge in [0.2, 0.25) is 0 Å². The molecule has 4 nitrogen and oxygen atoms in total. The number of hydrogen-bond acceptors (Lipinski definition) is 4. The Morgan fingerprint density at radius 3 is 2.45 bits per heavy atom. The number of halogens is 1. The van der Waals surface area contributed by atoms with Crippen molar-refractivity contribution < 1.29 is 14.3 Å². The van der Waals surface area contributed by atoms with Crippen LogP contribution >= 0.6 is 11.6 Å². The molecule has 0 atom stereocenters. The second-order valence-corrected chi connectivity index (χ2v) is 6.10. The standard InChI is InChI=1S/C17H22ClNO3/c1-22-16(20)3-2-10-19-11-8-14(9-12-19)17(21)13-4-6-15(18)7-5-13/h4-7,14H,2-3,8-12H2,1H3. The van der Waals surface area contributed by atoms with Crippen molar-refractivity contribution >= 4 is 23.4 Å². The first-order valence-electron chi connectivity index (χ1n) is 7.69. The van der Waals surface area contributed by atoms with Gasteiger partial charge in [-0.3, -0.25) is 9.59 Å². The number of benzene rings is 1. The third kappa shape index (κ3) is 4.82. The number of nitrogens with zero attached hydrogens (tertiary/aromatic N) is 1. The van der Waals surface area contributed by atoms with Crippen LogP contribution in [-0.2, 0) is 9.53 Å². The third-order valence-corrected chi connectivity index (χ3v) is 4.42. The van der Waals surface area contributed by atoms with E-state index in [-0.39, 0.29) is 17.7 Å². The normalized spacial score (nSPS) is 16.5. The van der Waals surface area contributed by atoms with Crippen LogP contribution in [0.3, 0.4) is 0 Å². The van der Waals surface area contributed by atoms with Gasteiger partial charge in [0.05, 0.1) is 7.11 Å². The van der Waals surface area contributed by atoms with E-state index in [9.17, 15) is 9.59 Å². The Labute approximate surface area is 136 Å².